The number of hydrogen-bond acceptors (Lipinski definition) is 7. The molecule has 1 fully saturated rings. The van der Waals surface area contributed by atoms with Gasteiger partial charge in [-0.3, -0.25) is 14.4 Å². The molecule has 10 heteroatoms. The summed E-state index contributed by atoms with van der Waals surface area (Å²) in [6.07, 6.45) is 3.00. The van der Waals surface area contributed by atoms with Gasteiger partial charge in [0.1, 0.15) is 5.75 Å². The summed E-state index contributed by atoms with van der Waals surface area (Å²) in [7, 11) is 1.55. The standard InChI is InChI=1S/C22H26N4O4S2/c1-6-19(28)26-8-7-25(12-14(26)3)21(29)16-10-18(13(2)9-17(16)30-5)31-20-11-23-22(32-20)24-15(4)27/h6,9-11,14H,1,7-8,12H2,2-5H3,(H,23,24,27)/t14-/m0/s1. The predicted molar refractivity (Wildman–Crippen MR) is 126 cm³/mol. The van der Waals surface area contributed by atoms with E-state index in [1.54, 1.807) is 23.1 Å². The predicted octanol–water partition coefficient (Wildman–Crippen LogP) is 3.43. The maximum atomic E-state index is 13.4. The van der Waals surface area contributed by atoms with E-state index < -0.39 is 0 Å². The Hall–Kier alpha value is -2.85. The third-order valence-corrected chi connectivity index (χ3v) is 7.25. The number of carbonyl (C=O) groups excluding carboxylic acids is 3. The third kappa shape index (κ3) is 5.31. The molecule has 1 saturated heterocycles. The molecule has 8 nitrogen and oxygen atoms in total. The van der Waals surface area contributed by atoms with Crippen LogP contribution >= 0.6 is 23.1 Å². The van der Waals surface area contributed by atoms with E-state index in [0.717, 1.165) is 14.7 Å². The molecule has 0 spiro atoms. The number of hydrogen-bond donors (Lipinski definition) is 1. The summed E-state index contributed by atoms with van der Waals surface area (Å²) in [5, 5.41) is 3.21. The van der Waals surface area contributed by atoms with E-state index in [0.29, 0.717) is 36.1 Å². The van der Waals surface area contributed by atoms with Crippen LogP contribution in [-0.2, 0) is 9.59 Å². The van der Waals surface area contributed by atoms with E-state index in [-0.39, 0.29) is 23.8 Å². The first-order valence-electron chi connectivity index (χ1n) is 10.1. The van der Waals surface area contributed by atoms with Gasteiger partial charge in [0.2, 0.25) is 11.8 Å². The molecule has 1 aromatic carbocycles. The number of anilines is 1. The molecule has 1 N–H and O–H groups in total. The van der Waals surface area contributed by atoms with E-state index in [1.165, 1.54) is 36.1 Å². The number of benzene rings is 1. The van der Waals surface area contributed by atoms with Crippen LogP contribution in [0.3, 0.4) is 0 Å². The smallest absolute Gasteiger partial charge is 0.257 e. The summed E-state index contributed by atoms with van der Waals surface area (Å²) in [4.78, 5) is 45.2. The van der Waals surface area contributed by atoms with E-state index in [9.17, 15) is 14.4 Å². The number of amides is 3. The third-order valence-electron chi connectivity index (χ3n) is 5.08. The Bertz CT molecular complexity index is 1050. The molecule has 1 aliphatic rings. The lowest BCUT2D eigenvalue weighted by Crippen LogP contribution is -2.55. The summed E-state index contributed by atoms with van der Waals surface area (Å²) in [6.45, 7) is 10.2. The van der Waals surface area contributed by atoms with Crippen LogP contribution in [0.25, 0.3) is 0 Å². The average molecular weight is 475 g/mol. The lowest BCUT2D eigenvalue weighted by Gasteiger charge is -2.39. The minimum atomic E-state index is -0.173. The van der Waals surface area contributed by atoms with Gasteiger partial charge in [0.05, 0.1) is 23.1 Å². The van der Waals surface area contributed by atoms with Gasteiger partial charge in [-0.25, -0.2) is 4.98 Å². The Labute approximate surface area is 195 Å². The van der Waals surface area contributed by atoms with Crippen LogP contribution in [0.15, 0.2) is 40.1 Å². The Morgan fingerprint density at radius 2 is 2.09 bits per heavy atom. The summed E-state index contributed by atoms with van der Waals surface area (Å²) in [5.41, 5.74) is 1.44. The van der Waals surface area contributed by atoms with Crippen molar-refractivity contribution < 1.29 is 19.1 Å². The van der Waals surface area contributed by atoms with E-state index in [4.69, 9.17) is 4.74 Å². The number of piperazine rings is 1. The summed E-state index contributed by atoms with van der Waals surface area (Å²) in [6, 6.07) is 3.59. The molecule has 32 heavy (non-hydrogen) atoms. The molecular formula is C22H26N4O4S2. The van der Waals surface area contributed by atoms with Gasteiger partial charge in [-0.1, -0.05) is 29.7 Å². The van der Waals surface area contributed by atoms with Gasteiger partial charge in [0, 0.05) is 37.5 Å². The first kappa shape index (κ1) is 23.8. The molecule has 0 unspecified atom stereocenters. The van der Waals surface area contributed by atoms with Crippen molar-refractivity contribution in [2.45, 2.75) is 35.9 Å². The molecule has 0 aliphatic carbocycles. The van der Waals surface area contributed by atoms with Crippen LogP contribution in [0.1, 0.15) is 29.8 Å². The van der Waals surface area contributed by atoms with Gasteiger partial charge in [0.15, 0.2) is 5.13 Å². The molecule has 0 radical (unpaired) electrons. The van der Waals surface area contributed by atoms with Crippen molar-refractivity contribution in [3.05, 3.63) is 42.1 Å². The second-order valence-electron chi connectivity index (χ2n) is 7.42. The van der Waals surface area contributed by atoms with Crippen LogP contribution in [0.2, 0.25) is 0 Å². The lowest BCUT2D eigenvalue weighted by molar-refractivity contribution is -0.129. The summed E-state index contributed by atoms with van der Waals surface area (Å²) < 4.78 is 6.40. The van der Waals surface area contributed by atoms with Crippen molar-refractivity contribution in [2.24, 2.45) is 0 Å². The van der Waals surface area contributed by atoms with Gasteiger partial charge in [-0.05, 0) is 37.6 Å². The molecular weight excluding hydrogens is 448 g/mol. The van der Waals surface area contributed by atoms with Crippen LogP contribution in [0.5, 0.6) is 5.75 Å². The zero-order valence-electron chi connectivity index (χ0n) is 18.5. The monoisotopic (exact) mass is 474 g/mol. The van der Waals surface area contributed by atoms with Crippen LogP contribution < -0.4 is 10.1 Å². The number of methoxy groups -OCH3 is 1. The first-order chi connectivity index (χ1) is 15.2. The van der Waals surface area contributed by atoms with Crippen LogP contribution in [-0.4, -0.2) is 65.3 Å². The zero-order chi connectivity index (χ0) is 23.4. The number of ether oxygens (including phenoxy) is 1. The molecule has 2 aromatic rings. The summed E-state index contributed by atoms with van der Waals surface area (Å²) >= 11 is 2.85. The minimum Gasteiger partial charge on any atom is -0.496 e. The van der Waals surface area contributed by atoms with Crippen molar-refractivity contribution in [2.75, 3.05) is 32.1 Å². The number of aromatic nitrogens is 1. The first-order valence-corrected chi connectivity index (χ1v) is 11.7. The molecule has 2 heterocycles. The fourth-order valence-electron chi connectivity index (χ4n) is 3.49. The van der Waals surface area contributed by atoms with Gasteiger partial charge >= 0.3 is 0 Å². The van der Waals surface area contributed by atoms with Gasteiger partial charge in [-0.15, -0.1) is 0 Å². The lowest BCUT2D eigenvalue weighted by atomic mass is 10.1. The van der Waals surface area contributed by atoms with Crippen molar-refractivity contribution >= 4 is 46.0 Å². The highest BCUT2D eigenvalue weighted by Crippen LogP contribution is 2.38. The quantitative estimate of drug-likeness (QED) is 0.645. The Morgan fingerprint density at radius 3 is 2.72 bits per heavy atom. The average Bonchev–Trinajstić information content (AvgIpc) is 3.19. The topological polar surface area (TPSA) is 91.8 Å². The van der Waals surface area contributed by atoms with Gasteiger partial charge in [-0.2, -0.15) is 0 Å². The highest BCUT2D eigenvalue weighted by Gasteiger charge is 2.30. The maximum Gasteiger partial charge on any atom is 0.257 e. The van der Waals surface area contributed by atoms with Crippen molar-refractivity contribution in [3.8, 4) is 5.75 Å². The molecule has 1 aliphatic heterocycles. The zero-order valence-corrected chi connectivity index (χ0v) is 20.1. The Balaban J connectivity index is 1.82. The van der Waals surface area contributed by atoms with Crippen molar-refractivity contribution in [1.82, 2.24) is 14.8 Å². The van der Waals surface area contributed by atoms with Crippen molar-refractivity contribution in [3.63, 3.8) is 0 Å². The van der Waals surface area contributed by atoms with Gasteiger partial charge < -0.3 is 19.9 Å². The van der Waals surface area contributed by atoms with E-state index >= 15 is 0 Å². The molecule has 1 aromatic heterocycles. The molecule has 3 amide bonds. The number of rotatable bonds is 6. The number of aryl methyl sites for hydroxylation is 1. The minimum absolute atomic E-state index is 0.104. The second kappa shape index (κ2) is 10.2. The second-order valence-corrected chi connectivity index (χ2v) is 9.79. The molecule has 1 atom stereocenters. The number of nitrogens with one attached hydrogen (secondary N) is 1. The summed E-state index contributed by atoms with van der Waals surface area (Å²) in [5.74, 6) is 0.0785. The van der Waals surface area contributed by atoms with Gasteiger partial charge in [0.25, 0.3) is 5.91 Å². The molecule has 3 rings (SSSR count). The number of carbonyl (C=O) groups is 3. The van der Waals surface area contributed by atoms with Crippen LogP contribution in [0.4, 0.5) is 5.13 Å². The normalized spacial score (nSPS) is 15.9. The molecule has 0 bridgehead atoms. The SMILES string of the molecule is C=CC(=O)N1CCN(C(=O)c2cc(Sc3cnc(NC(C)=O)s3)c(C)cc2OC)C[C@@H]1C. The Morgan fingerprint density at radius 1 is 1.34 bits per heavy atom. The fourth-order valence-corrected chi connectivity index (χ4v) is 5.48. The Kier molecular flexibility index (Phi) is 7.57. The number of thiazole rings is 1. The highest BCUT2D eigenvalue weighted by molar-refractivity contribution is 8.01. The van der Waals surface area contributed by atoms with E-state index in [1.807, 2.05) is 26.0 Å². The van der Waals surface area contributed by atoms with Crippen molar-refractivity contribution in [1.29, 1.82) is 0 Å². The fraction of sp³-hybridized carbons (Fsp3) is 0.364. The molecule has 170 valence electrons. The molecule has 0 saturated carbocycles. The maximum absolute atomic E-state index is 13.4. The van der Waals surface area contributed by atoms with E-state index in [2.05, 4.69) is 16.9 Å². The van der Waals surface area contributed by atoms with Crippen LogP contribution in [0, 0.1) is 6.92 Å². The largest absolute Gasteiger partial charge is 0.496 e. The highest BCUT2D eigenvalue weighted by atomic mass is 32.2. The number of nitrogens with zero attached hydrogens (tertiary/aromatic N) is 3.